The minimum Gasteiger partial charge on any atom is -0.508 e. The van der Waals surface area contributed by atoms with Crippen LogP contribution in [0.1, 0.15) is 5.56 Å². The van der Waals surface area contributed by atoms with Crippen LogP contribution < -0.4 is 4.74 Å². The zero-order chi connectivity index (χ0) is 9.68. The lowest BCUT2D eigenvalue weighted by Gasteiger charge is -2.04. The molecule has 13 heavy (non-hydrogen) atoms. The molecule has 2 N–H and O–H groups in total. The van der Waals surface area contributed by atoms with Crippen LogP contribution >= 0.6 is 0 Å². The van der Waals surface area contributed by atoms with Crippen LogP contribution in [0, 0.1) is 0 Å². The lowest BCUT2D eigenvalue weighted by atomic mass is 10.2. The molecule has 0 aliphatic rings. The van der Waals surface area contributed by atoms with Crippen molar-refractivity contribution in [3.8, 4) is 11.5 Å². The SMILES string of the molecule is COc1cc(O)ccc1C=CCO. The lowest BCUT2D eigenvalue weighted by molar-refractivity contribution is 0.343. The number of aliphatic hydroxyl groups excluding tert-OH is 1. The third-order valence-electron chi connectivity index (χ3n) is 1.62. The number of hydrogen-bond donors (Lipinski definition) is 2. The van der Waals surface area contributed by atoms with Crippen molar-refractivity contribution in [3.05, 3.63) is 29.8 Å². The molecular formula is C10H12O3. The van der Waals surface area contributed by atoms with Crippen LogP contribution in [0.15, 0.2) is 24.3 Å². The molecule has 1 rings (SSSR count). The number of rotatable bonds is 3. The normalized spacial score (nSPS) is 10.6. The van der Waals surface area contributed by atoms with Crippen LogP contribution in [-0.4, -0.2) is 23.9 Å². The molecule has 0 aromatic heterocycles. The summed E-state index contributed by atoms with van der Waals surface area (Å²) in [5.41, 5.74) is 0.828. The summed E-state index contributed by atoms with van der Waals surface area (Å²) in [6.07, 6.45) is 3.34. The Kier molecular flexibility index (Phi) is 3.34. The Morgan fingerprint density at radius 2 is 2.23 bits per heavy atom. The first-order valence-corrected chi connectivity index (χ1v) is 3.92. The van der Waals surface area contributed by atoms with E-state index in [2.05, 4.69) is 0 Å². The summed E-state index contributed by atoms with van der Waals surface area (Å²) in [6.45, 7) is -0.00989. The summed E-state index contributed by atoms with van der Waals surface area (Å²) in [5, 5.41) is 17.7. The predicted molar refractivity (Wildman–Crippen MR) is 50.8 cm³/mol. The molecule has 0 amide bonds. The summed E-state index contributed by atoms with van der Waals surface area (Å²) < 4.78 is 5.03. The maximum atomic E-state index is 9.14. The highest BCUT2D eigenvalue weighted by atomic mass is 16.5. The molecule has 0 fully saturated rings. The molecule has 1 aromatic rings. The molecule has 0 atom stereocenters. The van der Waals surface area contributed by atoms with Gasteiger partial charge in [0.1, 0.15) is 11.5 Å². The number of aliphatic hydroxyl groups is 1. The molecular weight excluding hydrogens is 168 g/mol. The van der Waals surface area contributed by atoms with Crippen LogP contribution in [0.4, 0.5) is 0 Å². The average molecular weight is 180 g/mol. The van der Waals surface area contributed by atoms with Crippen molar-refractivity contribution in [3.63, 3.8) is 0 Å². The second kappa shape index (κ2) is 4.52. The molecule has 0 heterocycles. The van der Waals surface area contributed by atoms with Crippen molar-refractivity contribution in [2.45, 2.75) is 0 Å². The molecule has 0 aliphatic carbocycles. The summed E-state index contributed by atoms with van der Waals surface area (Å²) in [6, 6.07) is 4.82. The molecule has 3 heteroatoms. The van der Waals surface area contributed by atoms with Crippen molar-refractivity contribution in [2.75, 3.05) is 13.7 Å². The first kappa shape index (κ1) is 9.61. The number of benzene rings is 1. The van der Waals surface area contributed by atoms with Gasteiger partial charge in [-0.05, 0) is 12.1 Å². The average Bonchev–Trinajstić information content (AvgIpc) is 2.16. The number of aromatic hydroxyl groups is 1. The fraction of sp³-hybridized carbons (Fsp3) is 0.200. The molecule has 0 saturated heterocycles. The molecule has 0 aliphatic heterocycles. The number of hydrogen-bond acceptors (Lipinski definition) is 3. The van der Waals surface area contributed by atoms with E-state index in [-0.39, 0.29) is 12.4 Å². The van der Waals surface area contributed by atoms with Crippen molar-refractivity contribution < 1.29 is 14.9 Å². The van der Waals surface area contributed by atoms with Crippen molar-refractivity contribution >= 4 is 6.08 Å². The van der Waals surface area contributed by atoms with E-state index in [0.717, 1.165) is 5.56 Å². The molecule has 0 bridgehead atoms. The van der Waals surface area contributed by atoms with Gasteiger partial charge in [-0.2, -0.15) is 0 Å². The summed E-state index contributed by atoms with van der Waals surface area (Å²) in [5.74, 6) is 0.752. The second-order valence-electron chi connectivity index (χ2n) is 2.51. The van der Waals surface area contributed by atoms with E-state index in [9.17, 15) is 0 Å². The maximum absolute atomic E-state index is 9.14. The first-order chi connectivity index (χ1) is 6.27. The Hall–Kier alpha value is -1.48. The number of phenolic OH excluding ortho intramolecular Hbond substituents is 1. The smallest absolute Gasteiger partial charge is 0.129 e. The van der Waals surface area contributed by atoms with Gasteiger partial charge in [0.25, 0.3) is 0 Å². The van der Waals surface area contributed by atoms with Crippen molar-refractivity contribution in [1.82, 2.24) is 0 Å². The number of ether oxygens (including phenoxy) is 1. The van der Waals surface area contributed by atoms with Crippen LogP contribution in [-0.2, 0) is 0 Å². The fourth-order valence-corrected chi connectivity index (χ4v) is 1.02. The zero-order valence-corrected chi connectivity index (χ0v) is 7.40. The number of methoxy groups -OCH3 is 1. The Morgan fingerprint density at radius 1 is 1.46 bits per heavy atom. The third kappa shape index (κ3) is 2.49. The first-order valence-electron chi connectivity index (χ1n) is 3.92. The Balaban J connectivity index is 2.99. The molecule has 3 nitrogen and oxygen atoms in total. The van der Waals surface area contributed by atoms with Gasteiger partial charge in [0.2, 0.25) is 0 Å². The van der Waals surface area contributed by atoms with E-state index in [4.69, 9.17) is 14.9 Å². The largest absolute Gasteiger partial charge is 0.508 e. The molecule has 0 saturated carbocycles. The van der Waals surface area contributed by atoms with Crippen LogP contribution in [0.25, 0.3) is 6.08 Å². The van der Waals surface area contributed by atoms with Gasteiger partial charge in [0.05, 0.1) is 13.7 Å². The highest BCUT2D eigenvalue weighted by Gasteiger charge is 1.99. The standard InChI is InChI=1S/C10H12O3/c1-13-10-7-9(12)5-4-8(10)3-2-6-11/h2-5,7,11-12H,6H2,1H3. The van der Waals surface area contributed by atoms with Gasteiger partial charge >= 0.3 is 0 Å². The maximum Gasteiger partial charge on any atom is 0.129 e. The molecule has 0 spiro atoms. The van der Waals surface area contributed by atoms with Crippen molar-refractivity contribution in [1.29, 1.82) is 0 Å². The van der Waals surface area contributed by atoms with E-state index in [0.29, 0.717) is 5.75 Å². The quantitative estimate of drug-likeness (QED) is 0.739. The van der Waals surface area contributed by atoms with Gasteiger partial charge in [-0.3, -0.25) is 0 Å². The Labute approximate surface area is 76.9 Å². The van der Waals surface area contributed by atoms with Crippen LogP contribution in [0.5, 0.6) is 11.5 Å². The predicted octanol–water partition coefficient (Wildman–Crippen LogP) is 1.41. The summed E-state index contributed by atoms with van der Waals surface area (Å²) >= 11 is 0. The highest BCUT2D eigenvalue weighted by molar-refractivity contribution is 5.59. The molecule has 0 radical (unpaired) electrons. The minimum absolute atomic E-state index is 0.00989. The van der Waals surface area contributed by atoms with E-state index >= 15 is 0 Å². The van der Waals surface area contributed by atoms with E-state index in [1.54, 1.807) is 24.3 Å². The molecule has 1 aromatic carbocycles. The summed E-state index contributed by atoms with van der Waals surface area (Å²) in [4.78, 5) is 0. The number of phenols is 1. The fourth-order valence-electron chi connectivity index (χ4n) is 1.02. The van der Waals surface area contributed by atoms with Gasteiger partial charge in [-0.1, -0.05) is 12.2 Å². The van der Waals surface area contributed by atoms with E-state index < -0.39 is 0 Å². The van der Waals surface area contributed by atoms with E-state index in [1.807, 2.05) is 0 Å². The van der Waals surface area contributed by atoms with Gasteiger partial charge in [-0.15, -0.1) is 0 Å². The zero-order valence-electron chi connectivity index (χ0n) is 7.40. The van der Waals surface area contributed by atoms with Gasteiger partial charge in [-0.25, -0.2) is 0 Å². The lowest BCUT2D eigenvalue weighted by Crippen LogP contribution is -1.86. The monoisotopic (exact) mass is 180 g/mol. The van der Waals surface area contributed by atoms with Crippen LogP contribution in [0.2, 0.25) is 0 Å². The topological polar surface area (TPSA) is 49.7 Å². The Bertz CT molecular complexity index is 305. The molecule has 70 valence electrons. The molecule has 0 unspecified atom stereocenters. The van der Waals surface area contributed by atoms with E-state index in [1.165, 1.54) is 13.2 Å². The van der Waals surface area contributed by atoms with Crippen molar-refractivity contribution in [2.24, 2.45) is 0 Å². The highest BCUT2D eigenvalue weighted by Crippen LogP contribution is 2.24. The van der Waals surface area contributed by atoms with Crippen LogP contribution in [0.3, 0.4) is 0 Å². The Morgan fingerprint density at radius 3 is 2.85 bits per heavy atom. The van der Waals surface area contributed by atoms with Gasteiger partial charge < -0.3 is 14.9 Å². The summed E-state index contributed by atoms with van der Waals surface area (Å²) in [7, 11) is 1.53. The minimum atomic E-state index is -0.00989. The second-order valence-corrected chi connectivity index (χ2v) is 2.51. The van der Waals surface area contributed by atoms with Gasteiger partial charge in [0.15, 0.2) is 0 Å². The van der Waals surface area contributed by atoms with Gasteiger partial charge in [0, 0.05) is 11.6 Å². The third-order valence-corrected chi connectivity index (χ3v) is 1.62.